The maximum atomic E-state index is 13.3. The van der Waals surface area contributed by atoms with Crippen molar-refractivity contribution in [2.75, 3.05) is 7.05 Å². The number of hydrogen-bond acceptors (Lipinski definition) is 7. The fourth-order valence-electron chi connectivity index (χ4n) is 2.92. The summed E-state index contributed by atoms with van der Waals surface area (Å²) in [6.45, 7) is 7.78. The number of esters is 2. The Morgan fingerprint density at radius 3 is 2.16 bits per heavy atom. The second-order valence-corrected chi connectivity index (χ2v) is 9.45. The Labute approximate surface area is 190 Å². The summed E-state index contributed by atoms with van der Waals surface area (Å²) in [5, 5.41) is 0.568. The van der Waals surface area contributed by atoms with Crippen LogP contribution in [-0.2, 0) is 35.0 Å². The third-order valence-corrected chi connectivity index (χ3v) is 5.08. The first-order valence-corrected chi connectivity index (χ1v) is 10.3. The molecule has 1 aromatic carbocycles. The molecule has 1 heterocycles. The average Bonchev–Trinajstić information content (AvgIpc) is 2.58. The number of ether oxygens (including phenoxy) is 3. The largest absolute Gasteiger partial charge is 0.444 e. The molecule has 8 nitrogen and oxygen atoms in total. The molecule has 1 amide bonds. The monoisotopic (exact) mass is 473 g/mol. The molecule has 0 aliphatic carbocycles. The molecule has 31 heavy (non-hydrogen) atoms. The third-order valence-electron chi connectivity index (χ3n) is 4.34. The van der Waals surface area contributed by atoms with Gasteiger partial charge in [-0.15, -0.1) is 0 Å². The van der Waals surface area contributed by atoms with Gasteiger partial charge in [-0.25, -0.2) is 4.79 Å². The van der Waals surface area contributed by atoms with Crippen molar-refractivity contribution in [2.24, 2.45) is 5.92 Å². The van der Waals surface area contributed by atoms with E-state index in [1.54, 1.807) is 32.9 Å². The Hall–Kier alpha value is -2.32. The number of amides is 1. The molecule has 1 saturated heterocycles. The number of benzene rings is 1. The van der Waals surface area contributed by atoms with Crippen LogP contribution >= 0.6 is 23.2 Å². The maximum absolute atomic E-state index is 13.3. The summed E-state index contributed by atoms with van der Waals surface area (Å²) >= 11 is 12.0. The molecule has 1 aliphatic heterocycles. The van der Waals surface area contributed by atoms with Crippen molar-refractivity contribution in [1.29, 1.82) is 0 Å². The zero-order chi connectivity index (χ0) is 23.7. The molecule has 1 atom stereocenters. The molecule has 0 radical (unpaired) electrons. The van der Waals surface area contributed by atoms with Gasteiger partial charge in [-0.1, -0.05) is 29.3 Å². The van der Waals surface area contributed by atoms with Gasteiger partial charge in [-0.05, 0) is 38.5 Å². The zero-order valence-corrected chi connectivity index (χ0v) is 19.7. The lowest BCUT2D eigenvalue weighted by Crippen LogP contribution is -2.55. The Balaban J connectivity index is 2.39. The minimum absolute atomic E-state index is 0.0497. The normalized spacial score (nSPS) is 17.4. The first-order valence-electron chi connectivity index (χ1n) is 9.50. The number of hydrogen-bond donors (Lipinski definition) is 0. The van der Waals surface area contributed by atoms with Crippen LogP contribution in [0.2, 0.25) is 10.0 Å². The summed E-state index contributed by atoms with van der Waals surface area (Å²) in [6.07, 6.45) is -0.852. The summed E-state index contributed by atoms with van der Waals surface area (Å²) in [5.74, 6) is -6.25. The van der Waals surface area contributed by atoms with E-state index in [1.165, 1.54) is 27.0 Å². The van der Waals surface area contributed by atoms with E-state index in [0.717, 1.165) is 4.90 Å². The molecule has 2 rings (SSSR count). The summed E-state index contributed by atoms with van der Waals surface area (Å²) in [4.78, 5) is 51.8. The molecule has 0 saturated carbocycles. The molecule has 0 spiro atoms. The Morgan fingerprint density at radius 1 is 1.13 bits per heavy atom. The number of rotatable bonds is 5. The minimum atomic E-state index is -1.83. The quantitative estimate of drug-likeness (QED) is 0.473. The summed E-state index contributed by atoms with van der Waals surface area (Å²) in [6, 6.07) is 3.46. The SMILES string of the molecule is CN(C(=O)OC(C)(C)C)[C@H](Cc1ccc(Cl)c(Cl)c1)C(=O)C1C(=O)OC(C)(C)OC1=O. The highest BCUT2D eigenvalue weighted by molar-refractivity contribution is 6.42. The van der Waals surface area contributed by atoms with E-state index in [-0.39, 0.29) is 11.4 Å². The Kier molecular flexibility index (Phi) is 7.28. The van der Waals surface area contributed by atoms with Gasteiger partial charge in [0.15, 0.2) is 5.78 Å². The van der Waals surface area contributed by atoms with Crippen LogP contribution in [0.15, 0.2) is 18.2 Å². The predicted octanol–water partition coefficient (Wildman–Crippen LogP) is 3.79. The zero-order valence-electron chi connectivity index (χ0n) is 18.2. The van der Waals surface area contributed by atoms with Crippen molar-refractivity contribution in [2.45, 2.75) is 58.5 Å². The molecule has 0 aromatic heterocycles. The van der Waals surface area contributed by atoms with Gasteiger partial charge >= 0.3 is 18.0 Å². The number of Topliss-reactive ketones (excluding diaryl/α,β-unsaturated/α-hetero) is 1. The number of cyclic esters (lactones) is 2. The van der Waals surface area contributed by atoms with Gasteiger partial charge < -0.3 is 19.1 Å². The van der Waals surface area contributed by atoms with Crippen LogP contribution in [0.25, 0.3) is 0 Å². The van der Waals surface area contributed by atoms with E-state index in [0.29, 0.717) is 10.6 Å². The first kappa shape index (κ1) is 24.9. The molecule has 1 aromatic rings. The van der Waals surface area contributed by atoms with E-state index in [4.69, 9.17) is 37.4 Å². The summed E-state index contributed by atoms with van der Waals surface area (Å²) in [5.41, 5.74) is -0.268. The lowest BCUT2D eigenvalue weighted by Gasteiger charge is -2.35. The Morgan fingerprint density at radius 2 is 1.68 bits per heavy atom. The van der Waals surface area contributed by atoms with Crippen LogP contribution in [0.5, 0.6) is 0 Å². The molecule has 0 unspecified atom stereocenters. The highest BCUT2D eigenvalue weighted by atomic mass is 35.5. The fourth-order valence-corrected chi connectivity index (χ4v) is 3.24. The first-order chi connectivity index (χ1) is 14.1. The van der Waals surface area contributed by atoms with Gasteiger partial charge in [0.05, 0.1) is 16.1 Å². The molecule has 0 bridgehead atoms. The number of carbonyl (C=O) groups is 4. The molecular formula is C21H25Cl2NO7. The number of ketones is 1. The smallest absolute Gasteiger partial charge is 0.410 e. The Bertz CT molecular complexity index is 887. The molecular weight excluding hydrogens is 449 g/mol. The highest BCUT2D eigenvalue weighted by Crippen LogP contribution is 2.28. The van der Waals surface area contributed by atoms with Crippen molar-refractivity contribution in [3.05, 3.63) is 33.8 Å². The maximum Gasteiger partial charge on any atom is 0.410 e. The van der Waals surface area contributed by atoms with Crippen LogP contribution in [0.1, 0.15) is 40.2 Å². The number of carbonyl (C=O) groups excluding carboxylic acids is 4. The highest BCUT2D eigenvalue weighted by Gasteiger charge is 2.50. The number of nitrogens with zero attached hydrogens (tertiary/aromatic N) is 1. The molecule has 0 N–H and O–H groups in total. The molecule has 170 valence electrons. The van der Waals surface area contributed by atoms with Crippen LogP contribution in [0.4, 0.5) is 4.79 Å². The molecule has 1 fully saturated rings. The molecule has 1 aliphatic rings. The average molecular weight is 474 g/mol. The van der Waals surface area contributed by atoms with Gasteiger partial charge in [-0.3, -0.25) is 14.4 Å². The van der Waals surface area contributed by atoms with Gasteiger partial charge in [0.25, 0.3) is 5.79 Å². The molecule has 10 heteroatoms. The van der Waals surface area contributed by atoms with Crippen molar-refractivity contribution < 1.29 is 33.4 Å². The van der Waals surface area contributed by atoms with Gasteiger partial charge in [-0.2, -0.15) is 0 Å². The van der Waals surface area contributed by atoms with Crippen molar-refractivity contribution in [3.63, 3.8) is 0 Å². The fraction of sp³-hybridized carbons (Fsp3) is 0.524. The van der Waals surface area contributed by atoms with E-state index >= 15 is 0 Å². The van der Waals surface area contributed by atoms with Crippen molar-refractivity contribution in [1.82, 2.24) is 4.90 Å². The second kappa shape index (κ2) is 9.04. The van der Waals surface area contributed by atoms with Gasteiger partial charge in [0.2, 0.25) is 5.92 Å². The van der Waals surface area contributed by atoms with E-state index in [1.807, 2.05) is 0 Å². The van der Waals surface area contributed by atoms with Gasteiger partial charge in [0, 0.05) is 27.3 Å². The van der Waals surface area contributed by atoms with E-state index in [9.17, 15) is 19.2 Å². The number of likely N-dealkylation sites (N-methyl/N-ethyl adjacent to an activating group) is 1. The van der Waals surface area contributed by atoms with Crippen LogP contribution in [0, 0.1) is 5.92 Å². The standard InChI is InChI=1S/C21H25Cl2NO7/c1-20(2,3)31-19(28)24(6)14(10-11-7-8-12(22)13(23)9-11)16(25)15-17(26)29-21(4,5)30-18(15)27/h7-9,14-15H,10H2,1-6H3/t14-/m1/s1. The van der Waals surface area contributed by atoms with Gasteiger partial charge in [0.1, 0.15) is 5.60 Å². The van der Waals surface area contributed by atoms with Crippen LogP contribution in [0.3, 0.4) is 0 Å². The minimum Gasteiger partial charge on any atom is -0.444 e. The van der Waals surface area contributed by atoms with Crippen LogP contribution < -0.4 is 0 Å². The topological polar surface area (TPSA) is 99.2 Å². The summed E-state index contributed by atoms with van der Waals surface area (Å²) < 4.78 is 15.5. The number of halogens is 2. The van der Waals surface area contributed by atoms with E-state index in [2.05, 4.69) is 0 Å². The van der Waals surface area contributed by atoms with Crippen LogP contribution in [-0.4, -0.2) is 53.2 Å². The van der Waals surface area contributed by atoms with Crippen molar-refractivity contribution >= 4 is 47.0 Å². The lowest BCUT2D eigenvalue weighted by molar-refractivity contribution is -0.238. The lowest BCUT2D eigenvalue weighted by atomic mass is 9.92. The van der Waals surface area contributed by atoms with E-state index < -0.39 is 47.2 Å². The predicted molar refractivity (Wildman–Crippen MR) is 113 cm³/mol. The summed E-state index contributed by atoms with van der Waals surface area (Å²) in [7, 11) is 1.34. The van der Waals surface area contributed by atoms with Crippen molar-refractivity contribution in [3.8, 4) is 0 Å². The second-order valence-electron chi connectivity index (χ2n) is 8.64. The third kappa shape index (κ3) is 6.33.